The Labute approximate surface area is 129 Å². The van der Waals surface area contributed by atoms with Crippen molar-refractivity contribution in [3.63, 3.8) is 0 Å². The van der Waals surface area contributed by atoms with Crippen LogP contribution in [0.25, 0.3) is 0 Å². The van der Waals surface area contributed by atoms with Gasteiger partial charge >= 0.3 is 0 Å². The van der Waals surface area contributed by atoms with Gasteiger partial charge in [0.05, 0.1) is 0 Å². The molecule has 1 nitrogen and oxygen atoms in total. The van der Waals surface area contributed by atoms with Crippen molar-refractivity contribution in [2.75, 3.05) is 6.16 Å². The maximum Gasteiger partial charge on any atom is 0.00815 e. The first-order valence-corrected chi connectivity index (χ1v) is 9.75. The van der Waals surface area contributed by atoms with Gasteiger partial charge in [0.25, 0.3) is 0 Å². The Balaban J connectivity index is 2.26. The highest BCUT2D eigenvalue weighted by Crippen LogP contribution is 2.61. The van der Waals surface area contributed by atoms with E-state index in [0.29, 0.717) is 0 Å². The molecule has 0 heterocycles. The lowest BCUT2D eigenvalue weighted by Crippen LogP contribution is -2.19. The number of benzene rings is 1. The van der Waals surface area contributed by atoms with Crippen LogP contribution in [0.4, 0.5) is 0 Å². The zero-order valence-corrected chi connectivity index (χ0v) is 14.2. The van der Waals surface area contributed by atoms with Gasteiger partial charge in [0.1, 0.15) is 0 Å². The van der Waals surface area contributed by atoms with Crippen LogP contribution in [0, 0.1) is 5.16 Å². The molecule has 0 aliphatic heterocycles. The van der Waals surface area contributed by atoms with Crippen molar-refractivity contribution in [1.29, 1.82) is 5.16 Å². The molecule has 1 N–H and O–H groups in total. The quantitative estimate of drug-likeness (QED) is 0.639. The second-order valence-corrected chi connectivity index (χ2v) is 10.7. The van der Waals surface area contributed by atoms with Gasteiger partial charge in [-0.3, -0.25) is 0 Å². The second kappa shape index (κ2) is 6.62. The van der Waals surface area contributed by atoms with E-state index in [4.69, 9.17) is 0 Å². The Bertz CT molecular complexity index is 600. The van der Waals surface area contributed by atoms with Gasteiger partial charge in [-0.15, -0.1) is 0 Å². The fourth-order valence-corrected chi connectivity index (χ4v) is 5.23. The normalized spacial score (nSPS) is 18.0. The van der Waals surface area contributed by atoms with E-state index in [2.05, 4.69) is 75.4 Å². The molecular weight excluding hydrogens is 273 g/mol. The summed E-state index contributed by atoms with van der Waals surface area (Å²) < 4.78 is 0. The lowest BCUT2D eigenvalue weighted by atomic mass is 10.2. The molecule has 1 aromatic rings. The highest BCUT2D eigenvalue weighted by Gasteiger charge is 2.32. The van der Waals surface area contributed by atoms with Crippen LogP contribution < -0.4 is 0 Å². The zero-order chi connectivity index (χ0) is 15.3. The lowest BCUT2D eigenvalue weighted by Gasteiger charge is -2.36. The molecule has 2 heteroatoms. The Hall–Kier alpha value is -1.33. The molecule has 1 unspecified atom stereocenters. The summed E-state index contributed by atoms with van der Waals surface area (Å²) >= 11 is 0. The number of rotatable bonds is 4. The minimum absolute atomic E-state index is 0.0389. The van der Waals surface area contributed by atoms with Gasteiger partial charge in [-0.2, -0.15) is 0 Å². The standard InChI is InChI=1S/C19H26NP/c1-19(2,3)21(20,16-18-13-9-6-10-14-18)15-17-11-7-4-5-8-12-17/h4-7,9-14,20H,8,15-16H2,1-3H3. The van der Waals surface area contributed by atoms with Gasteiger partial charge in [0.2, 0.25) is 0 Å². The first-order chi connectivity index (χ1) is 9.91. The predicted molar refractivity (Wildman–Crippen MR) is 95.4 cm³/mol. The summed E-state index contributed by atoms with van der Waals surface area (Å²) in [7, 11) is -1.86. The van der Waals surface area contributed by atoms with Crippen LogP contribution in [0.15, 0.2) is 66.3 Å². The van der Waals surface area contributed by atoms with E-state index in [1.54, 1.807) is 0 Å². The summed E-state index contributed by atoms with van der Waals surface area (Å²) in [6.45, 7) is 6.70. The number of nitrogens with one attached hydrogen (secondary N) is 1. The smallest absolute Gasteiger partial charge is 0.00815 e. The average Bonchev–Trinajstić information content (AvgIpc) is 2.67. The van der Waals surface area contributed by atoms with Crippen LogP contribution in [0.2, 0.25) is 0 Å². The Morgan fingerprint density at radius 3 is 2.43 bits per heavy atom. The minimum Gasteiger partial charge on any atom is -0.317 e. The highest BCUT2D eigenvalue weighted by molar-refractivity contribution is 7.66. The maximum atomic E-state index is 9.23. The molecule has 0 saturated heterocycles. The van der Waals surface area contributed by atoms with Crippen molar-refractivity contribution < 1.29 is 0 Å². The van der Waals surface area contributed by atoms with Crippen LogP contribution >= 0.6 is 7.05 Å². The largest absolute Gasteiger partial charge is 0.317 e. The molecular formula is C19H26NP. The fraction of sp³-hybridized carbons (Fsp3) is 0.368. The van der Waals surface area contributed by atoms with Crippen LogP contribution in [-0.2, 0) is 6.16 Å². The van der Waals surface area contributed by atoms with Crippen LogP contribution in [0.1, 0.15) is 32.8 Å². The zero-order valence-electron chi connectivity index (χ0n) is 13.3. The molecule has 1 aromatic carbocycles. The highest BCUT2D eigenvalue weighted by atomic mass is 31.2. The summed E-state index contributed by atoms with van der Waals surface area (Å²) in [5.41, 5.74) is 2.63. The molecule has 0 aromatic heterocycles. The van der Waals surface area contributed by atoms with Gasteiger partial charge in [0.15, 0.2) is 0 Å². The van der Waals surface area contributed by atoms with Crippen LogP contribution in [0.3, 0.4) is 0 Å². The van der Waals surface area contributed by atoms with Crippen molar-refractivity contribution in [2.24, 2.45) is 0 Å². The van der Waals surface area contributed by atoms with Gasteiger partial charge in [0, 0.05) is 12.3 Å². The van der Waals surface area contributed by atoms with E-state index < -0.39 is 7.05 Å². The Morgan fingerprint density at radius 2 is 1.76 bits per heavy atom. The molecule has 1 aliphatic rings. The van der Waals surface area contributed by atoms with E-state index in [-0.39, 0.29) is 5.16 Å². The Kier molecular flexibility index (Phi) is 5.06. The van der Waals surface area contributed by atoms with E-state index in [1.165, 1.54) is 11.1 Å². The number of allylic oxidation sites excluding steroid dienone is 6. The molecule has 1 aliphatic carbocycles. The van der Waals surface area contributed by atoms with Crippen molar-refractivity contribution in [1.82, 2.24) is 0 Å². The molecule has 0 bridgehead atoms. The van der Waals surface area contributed by atoms with E-state index >= 15 is 0 Å². The molecule has 1 atom stereocenters. The minimum atomic E-state index is -1.86. The molecule has 0 amide bonds. The third-order valence-electron chi connectivity index (χ3n) is 4.11. The summed E-state index contributed by atoms with van der Waals surface area (Å²) in [5, 5.41) is 9.27. The monoisotopic (exact) mass is 299 g/mol. The van der Waals surface area contributed by atoms with Gasteiger partial charge in [-0.25, -0.2) is 0 Å². The Morgan fingerprint density at radius 1 is 1.05 bits per heavy atom. The van der Waals surface area contributed by atoms with Gasteiger partial charge in [-0.1, -0.05) is 81.5 Å². The second-order valence-electron chi connectivity index (χ2n) is 6.74. The van der Waals surface area contributed by atoms with E-state index in [9.17, 15) is 5.16 Å². The van der Waals surface area contributed by atoms with Crippen molar-refractivity contribution in [3.05, 3.63) is 71.8 Å². The molecule has 0 spiro atoms. The number of hydrogen-bond donors (Lipinski definition) is 1. The number of hydrogen-bond acceptors (Lipinski definition) is 1. The van der Waals surface area contributed by atoms with Crippen LogP contribution in [-0.4, -0.2) is 11.3 Å². The van der Waals surface area contributed by atoms with Gasteiger partial charge < -0.3 is 5.16 Å². The topological polar surface area (TPSA) is 23.9 Å². The summed E-state index contributed by atoms with van der Waals surface area (Å²) in [6.07, 6.45) is 13.6. The molecule has 0 saturated carbocycles. The van der Waals surface area contributed by atoms with E-state index in [0.717, 1.165) is 18.7 Å². The molecule has 112 valence electrons. The predicted octanol–water partition coefficient (Wildman–Crippen LogP) is 6.21. The molecule has 0 fully saturated rings. The fourth-order valence-electron chi connectivity index (χ4n) is 2.48. The summed E-state index contributed by atoms with van der Waals surface area (Å²) in [5.74, 6) is 0. The molecule has 21 heavy (non-hydrogen) atoms. The van der Waals surface area contributed by atoms with Crippen LogP contribution in [0.5, 0.6) is 0 Å². The third-order valence-corrected chi connectivity index (χ3v) is 8.48. The molecule has 0 radical (unpaired) electrons. The first kappa shape index (κ1) is 16.0. The van der Waals surface area contributed by atoms with Crippen molar-refractivity contribution >= 4 is 7.05 Å². The van der Waals surface area contributed by atoms with Crippen molar-refractivity contribution in [2.45, 2.75) is 38.5 Å². The SMILES string of the molecule is CC(C)(C)P(=N)(CC1=CCC=CC=C1)Cc1ccccc1. The van der Waals surface area contributed by atoms with Gasteiger partial charge in [-0.05, 0) is 29.8 Å². The average molecular weight is 299 g/mol. The van der Waals surface area contributed by atoms with E-state index in [1.807, 2.05) is 6.07 Å². The maximum absolute atomic E-state index is 9.23. The third kappa shape index (κ3) is 4.32. The summed E-state index contributed by atoms with van der Waals surface area (Å²) in [6, 6.07) is 10.5. The molecule has 2 rings (SSSR count). The first-order valence-electron chi connectivity index (χ1n) is 7.59. The lowest BCUT2D eigenvalue weighted by molar-refractivity contribution is 0.767. The van der Waals surface area contributed by atoms with Crippen molar-refractivity contribution in [3.8, 4) is 0 Å². The summed E-state index contributed by atoms with van der Waals surface area (Å²) in [4.78, 5) is 0.